The average Bonchev–Trinajstić information content (AvgIpc) is 3.20. The molecule has 1 saturated carbocycles. The van der Waals surface area contributed by atoms with E-state index in [-0.39, 0.29) is 29.0 Å². The van der Waals surface area contributed by atoms with E-state index in [1.165, 1.54) is 24.4 Å². The Bertz CT molecular complexity index is 704. The zero-order valence-corrected chi connectivity index (χ0v) is 11.7. The summed E-state index contributed by atoms with van der Waals surface area (Å²) < 4.78 is 13.0. The average molecular weight is 302 g/mol. The summed E-state index contributed by atoms with van der Waals surface area (Å²) in [5, 5.41) is 11.8. The van der Waals surface area contributed by atoms with E-state index in [0.29, 0.717) is 5.92 Å². The minimum absolute atomic E-state index is 0.0325. The van der Waals surface area contributed by atoms with Crippen LogP contribution < -0.4 is 5.32 Å². The SMILES string of the molecule is O=C(NC(c1ccc(F)cc1)C1CC1)c1c[nH]c(C(=O)O)c1. The van der Waals surface area contributed by atoms with Crippen molar-refractivity contribution in [2.75, 3.05) is 0 Å². The number of rotatable bonds is 5. The number of hydrogen-bond acceptors (Lipinski definition) is 2. The molecule has 1 fully saturated rings. The lowest BCUT2D eigenvalue weighted by Crippen LogP contribution is -2.29. The van der Waals surface area contributed by atoms with Gasteiger partial charge in [-0.3, -0.25) is 4.79 Å². The number of carboxylic acids is 1. The fourth-order valence-corrected chi connectivity index (χ4v) is 2.45. The first-order valence-corrected chi connectivity index (χ1v) is 7.02. The Morgan fingerprint density at radius 1 is 1.27 bits per heavy atom. The van der Waals surface area contributed by atoms with Gasteiger partial charge in [0, 0.05) is 6.20 Å². The van der Waals surface area contributed by atoms with E-state index in [9.17, 15) is 14.0 Å². The zero-order chi connectivity index (χ0) is 15.7. The number of amides is 1. The number of aromatic carboxylic acids is 1. The molecule has 1 amide bonds. The van der Waals surface area contributed by atoms with Crippen molar-refractivity contribution in [3.05, 3.63) is 59.2 Å². The van der Waals surface area contributed by atoms with Gasteiger partial charge in [-0.05, 0) is 42.5 Å². The first kappa shape index (κ1) is 14.3. The van der Waals surface area contributed by atoms with Gasteiger partial charge >= 0.3 is 5.97 Å². The van der Waals surface area contributed by atoms with Crippen molar-refractivity contribution < 1.29 is 19.1 Å². The molecule has 3 N–H and O–H groups in total. The van der Waals surface area contributed by atoms with Crippen LogP contribution in [-0.2, 0) is 0 Å². The van der Waals surface area contributed by atoms with Gasteiger partial charge in [0.1, 0.15) is 11.5 Å². The Hall–Kier alpha value is -2.63. The van der Waals surface area contributed by atoms with Crippen LogP contribution in [0.4, 0.5) is 4.39 Å². The number of carboxylic acid groups (broad SMARTS) is 1. The lowest BCUT2D eigenvalue weighted by molar-refractivity contribution is 0.0691. The van der Waals surface area contributed by atoms with Gasteiger partial charge in [-0.2, -0.15) is 0 Å². The second-order valence-electron chi connectivity index (χ2n) is 5.45. The van der Waals surface area contributed by atoms with Crippen LogP contribution in [-0.4, -0.2) is 22.0 Å². The number of aromatic nitrogens is 1. The van der Waals surface area contributed by atoms with E-state index in [4.69, 9.17) is 5.11 Å². The maximum absolute atomic E-state index is 13.0. The molecule has 0 saturated heterocycles. The second kappa shape index (κ2) is 5.63. The van der Waals surface area contributed by atoms with Crippen LogP contribution in [0, 0.1) is 11.7 Å². The lowest BCUT2D eigenvalue weighted by atomic mass is 10.0. The molecule has 1 heterocycles. The molecule has 1 aliphatic carbocycles. The fraction of sp³-hybridized carbons (Fsp3) is 0.250. The van der Waals surface area contributed by atoms with Gasteiger partial charge in [0.05, 0.1) is 11.6 Å². The standard InChI is InChI=1S/C16H15FN2O3/c17-12-5-3-10(4-6-12)14(9-1-2-9)19-15(20)11-7-13(16(21)22)18-8-11/h3-9,14,18H,1-2H2,(H,19,20)(H,21,22). The highest BCUT2D eigenvalue weighted by molar-refractivity contribution is 5.97. The van der Waals surface area contributed by atoms with Crippen molar-refractivity contribution in [2.45, 2.75) is 18.9 Å². The number of nitrogens with one attached hydrogen (secondary N) is 2. The number of carbonyl (C=O) groups excluding carboxylic acids is 1. The van der Waals surface area contributed by atoms with Crippen LogP contribution in [0.5, 0.6) is 0 Å². The first-order chi connectivity index (χ1) is 10.5. The lowest BCUT2D eigenvalue weighted by Gasteiger charge is -2.18. The molecule has 1 aromatic carbocycles. The summed E-state index contributed by atoms with van der Waals surface area (Å²) in [5.41, 5.74) is 1.09. The van der Waals surface area contributed by atoms with Crippen LogP contribution in [0.3, 0.4) is 0 Å². The highest BCUT2D eigenvalue weighted by atomic mass is 19.1. The second-order valence-corrected chi connectivity index (χ2v) is 5.45. The molecule has 0 bridgehead atoms. The Balaban J connectivity index is 1.77. The van der Waals surface area contributed by atoms with E-state index in [1.54, 1.807) is 12.1 Å². The number of halogens is 1. The number of hydrogen-bond donors (Lipinski definition) is 3. The van der Waals surface area contributed by atoms with Gasteiger partial charge in [0.25, 0.3) is 5.91 Å². The van der Waals surface area contributed by atoms with E-state index < -0.39 is 5.97 Å². The maximum atomic E-state index is 13.0. The number of aromatic amines is 1. The summed E-state index contributed by atoms with van der Waals surface area (Å²) in [6.07, 6.45) is 3.39. The van der Waals surface area contributed by atoms with Gasteiger partial charge in [0.2, 0.25) is 0 Å². The molecular formula is C16H15FN2O3. The van der Waals surface area contributed by atoms with E-state index in [2.05, 4.69) is 10.3 Å². The molecule has 1 aliphatic rings. The van der Waals surface area contributed by atoms with Crippen LogP contribution in [0.2, 0.25) is 0 Å². The van der Waals surface area contributed by atoms with Crippen molar-refractivity contribution in [1.82, 2.24) is 10.3 Å². The summed E-state index contributed by atoms with van der Waals surface area (Å²) in [5.74, 6) is -1.44. The topological polar surface area (TPSA) is 82.2 Å². The molecular weight excluding hydrogens is 287 g/mol. The van der Waals surface area contributed by atoms with Gasteiger partial charge < -0.3 is 15.4 Å². The minimum Gasteiger partial charge on any atom is -0.477 e. The number of benzene rings is 1. The molecule has 114 valence electrons. The van der Waals surface area contributed by atoms with Crippen LogP contribution in [0.15, 0.2) is 36.5 Å². The molecule has 0 radical (unpaired) electrons. The molecule has 3 rings (SSSR count). The smallest absolute Gasteiger partial charge is 0.352 e. The molecule has 1 atom stereocenters. The fourth-order valence-electron chi connectivity index (χ4n) is 2.45. The molecule has 6 heteroatoms. The highest BCUT2D eigenvalue weighted by Gasteiger charge is 2.33. The van der Waals surface area contributed by atoms with Crippen molar-refractivity contribution >= 4 is 11.9 Å². The largest absolute Gasteiger partial charge is 0.477 e. The summed E-state index contributed by atoms with van der Waals surface area (Å²) in [7, 11) is 0. The molecule has 1 unspecified atom stereocenters. The third-order valence-corrected chi connectivity index (χ3v) is 3.78. The Morgan fingerprint density at radius 2 is 1.95 bits per heavy atom. The Labute approximate surface area is 126 Å². The predicted octanol–water partition coefficient (Wildman–Crippen LogP) is 2.73. The third-order valence-electron chi connectivity index (χ3n) is 3.78. The van der Waals surface area contributed by atoms with E-state index in [1.807, 2.05) is 0 Å². The third kappa shape index (κ3) is 3.00. The van der Waals surface area contributed by atoms with Gasteiger partial charge in [-0.15, -0.1) is 0 Å². The van der Waals surface area contributed by atoms with Crippen molar-refractivity contribution in [1.29, 1.82) is 0 Å². The van der Waals surface area contributed by atoms with Crippen LogP contribution in [0.25, 0.3) is 0 Å². The van der Waals surface area contributed by atoms with Crippen molar-refractivity contribution in [3.63, 3.8) is 0 Å². The van der Waals surface area contributed by atoms with Crippen molar-refractivity contribution in [2.24, 2.45) is 5.92 Å². The first-order valence-electron chi connectivity index (χ1n) is 7.02. The van der Waals surface area contributed by atoms with Gasteiger partial charge in [0.15, 0.2) is 0 Å². The van der Waals surface area contributed by atoms with Crippen molar-refractivity contribution in [3.8, 4) is 0 Å². The van der Waals surface area contributed by atoms with Gasteiger partial charge in [-0.1, -0.05) is 12.1 Å². The Kier molecular flexibility index (Phi) is 3.66. The minimum atomic E-state index is -1.11. The van der Waals surface area contributed by atoms with E-state index >= 15 is 0 Å². The quantitative estimate of drug-likeness (QED) is 0.794. The normalized spacial score (nSPS) is 15.3. The Morgan fingerprint density at radius 3 is 2.50 bits per heavy atom. The molecule has 0 aliphatic heterocycles. The number of H-pyrrole nitrogens is 1. The van der Waals surface area contributed by atoms with Crippen LogP contribution >= 0.6 is 0 Å². The molecule has 5 nitrogen and oxygen atoms in total. The summed E-state index contributed by atoms with van der Waals surface area (Å²) in [6, 6.07) is 7.19. The summed E-state index contributed by atoms with van der Waals surface area (Å²) >= 11 is 0. The maximum Gasteiger partial charge on any atom is 0.352 e. The summed E-state index contributed by atoms with van der Waals surface area (Å²) in [4.78, 5) is 25.6. The van der Waals surface area contributed by atoms with Crippen LogP contribution in [0.1, 0.15) is 45.3 Å². The molecule has 22 heavy (non-hydrogen) atoms. The monoisotopic (exact) mass is 302 g/mol. The molecule has 1 aromatic heterocycles. The zero-order valence-electron chi connectivity index (χ0n) is 11.7. The molecule has 0 spiro atoms. The number of carbonyl (C=O) groups is 2. The van der Waals surface area contributed by atoms with E-state index in [0.717, 1.165) is 18.4 Å². The summed E-state index contributed by atoms with van der Waals surface area (Å²) in [6.45, 7) is 0. The predicted molar refractivity (Wildman–Crippen MR) is 77.1 cm³/mol. The highest BCUT2D eigenvalue weighted by Crippen LogP contribution is 2.41. The van der Waals surface area contributed by atoms with Gasteiger partial charge in [-0.25, -0.2) is 9.18 Å². The molecule has 2 aromatic rings.